The van der Waals surface area contributed by atoms with Crippen molar-refractivity contribution >= 4 is 53.4 Å². The summed E-state index contributed by atoms with van der Waals surface area (Å²) in [5.41, 5.74) is 3.78. The quantitative estimate of drug-likeness (QED) is 0.113. The number of carbonyl (C=O) groups is 4. The van der Waals surface area contributed by atoms with Crippen molar-refractivity contribution in [1.29, 1.82) is 0 Å². The first-order chi connectivity index (χ1) is 27.5. The third-order valence-corrected chi connectivity index (χ3v) is 12.3. The number of likely N-dealkylation sites (tertiary alicyclic amines) is 1. The van der Waals surface area contributed by atoms with Gasteiger partial charge >= 0.3 is 0 Å². The van der Waals surface area contributed by atoms with Gasteiger partial charge in [-0.05, 0) is 106 Å². The lowest BCUT2D eigenvalue weighted by atomic mass is 9.85. The normalized spacial score (nSPS) is 18.7. The van der Waals surface area contributed by atoms with Gasteiger partial charge in [0.1, 0.15) is 17.3 Å². The number of amides is 3. The van der Waals surface area contributed by atoms with E-state index < -0.39 is 5.67 Å². The van der Waals surface area contributed by atoms with Crippen molar-refractivity contribution in [3.05, 3.63) is 71.1 Å². The van der Waals surface area contributed by atoms with E-state index in [-0.39, 0.29) is 23.7 Å². The van der Waals surface area contributed by atoms with E-state index in [0.29, 0.717) is 79.9 Å². The predicted octanol–water partition coefficient (Wildman–Crippen LogP) is 7.25. The molecule has 57 heavy (non-hydrogen) atoms. The standard InChI is InChI=1S/C44H57FN8O4/c1-5-9-38(42(57)48-28-54)35-11-8-10-34(24-35)33-16-20-51(21-17-33)27-44(45)18-22-52(23-19-44)37-14-15-40(46-25-37)49-43-47-26-39(31(3)30(2)32(4)56)41(50-43)53(29-55)36-12-6-7-13-36/h8,10-11,14-15,24-26,28-29,33,36,38H,5-7,9,12-13,16-23,27H2,1-4H3,(H,48,54,57)(H,46,47,49,50)/b31-30+. The number of carbonyl (C=O) groups excluding carboxylic acids is 4. The topological polar surface area (TPSA) is 141 Å². The summed E-state index contributed by atoms with van der Waals surface area (Å²) in [7, 11) is 0. The van der Waals surface area contributed by atoms with Crippen molar-refractivity contribution in [1.82, 2.24) is 25.2 Å². The number of piperidine rings is 2. The Labute approximate surface area is 335 Å². The molecule has 1 saturated carbocycles. The van der Waals surface area contributed by atoms with Gasteiger partial charge in [-0.15, -0.1) is 0 Å². The van der Waals surface area contributed by atoms with Crippen LogP contribution < -0.4 is 20.4 Å². The fraction of sp³-hybridized carbons (Fsp3) is 0.523. The summed E-state index contributed by atoms with van der Waals surface area (Å²) in [6.45, 7) is 10.4. The molecule has 13 heteroatoms. The van der Waals surface area contributed by atoms with E-state index in [1.54, 1.807) is 24.2 Å². The Balaban J connectivity index is 1.03. The van der Waals surface area contributed by atoms with Gasteiger partial charge in [0.25, 0.3) is 0 Å². The van der Waals surface area contributed by atoms with E-state index in [4.69, 9.17) is 4.98 Å². The molecule has 3 fully saturated rings. The number of imide groups is 1. The van der Waals surface area contributed by atoms with Gasteiger partial charge in [-0.25, -0.2) is 14.4 Å². The molecule has 3 aliphatic rings. The zero-order valence-corrected chi connectivity index (χ0v) is 33.8. The molecule has 3 aromatic rings. The molecule has 2 aliphatic heterocycles. The number of ketones is 1. The molecule has 2 saturated heterocycles. The van der Waals surface area contributed by atoms with Crippen molar-refractivity contribution in [3.8, 4) is 0 Å². The smallest absolute Gasteiger partial charge is 0.233 e. The van der Waals surface area contributed by atoms with E-state index in [0.717, 1.165) is 81.3 Å². The molecule has 1 unspecified atom stereocenters. The summed E-state index contributed by atoms with van der Waals surface area (Å²) < 4.78 is 16.3. The number of rotatable bonds is 16. The van der Waals surface area contributed by atoms with E-state index in [1.807, 2.05) is 38.1 Å². The van der Waals surface area contributed by atoms with Crippen LogP contribution in [0, 0.1) is 0 Å². The third kappa shape index (κ3) is 10.1. The van der Waals surface area contributed by atoms with Gasteiger partial charge in [0.05, 0.1) is 17.8 Å². The van der Waals surface area contributed by atoms with Crippen molar-refractivity contribution in [2.45, 2.75) is 115 Å². The highest BCUT2D eigenvalue weighted by Gasteiger charge is 2.37. The van der Waals surface area contributed by atoms with Gasteiger partial charge < -0.3 is 15.1 Å². The summed E-state index contributed by atoms with van der Waals surface area (Å²) >= 11 is 0. The number of alkyl halides is 1. The summed E-state index contributed by atoms with van der Waals surface area (Å²) in [6.07, 6.45) is 12.9. The van der Waals surface area contributed by atoms with Crippen LogP contribution in [0.2, 0.25) is 0 Å². The number of benzene rings is 1. The maximum atomic E-state index is 16.3. The molecule has 0 spiro atoms. The lowest BCUT2D eigenvalue weighted by Gasteiger charge is -2.42. The van der Waals surface area contributed by atoms with Gasteiger partial charge in [-0.1, -0.05) is 50.5 Å². The summed E-state index contributed by atoms with van der Waals surface area (Å²) in [6, 6.07) is 12.1. The number of nitrogens with one attached hydrogen (secondary N) is 2. The molecule has 2 N–H and O–H groups in total. The fourth-order valence-corrected chi connectivity index (χ4v) is 8.69. The fourth-order valence-electron chi connectivity index (χ4n) is 8.69. The van der Waals surface area contributed by atoms with Crippen LogP contribution in [0.4, 0.5) is 27.7 Å². The van der Waals surface area contributed by atoms with Crippen molar-refractivity contribution in [2.75, 3.05) is 47.8 Å². The highest BCUT2D eigenvalue weighted by atomic mass is 19.1. The van der Waals surface area contributed by atoms with Gasteiger partial charge in [-0.2, -0.15) is 4.98 Å². The van der Waals surface area contributed by atoms with Gasteiger partial charge in [0.15, 0.2) is 5.78 Å². The largest absolute Gasteiger partial charge is 0.370 e. The number of aromatic nitrogens is 3. The number of allylic oxidation sites excluding steroid dienone is 2. The Morgan fingerprint density at radius 3 is 2.35 bits per heavy atom. The van der Waals surface area contributed by atoms with Crippen LogP contribution in [0.5, 0.6) is 0 Å². The maximum absolute atomic E-state index is 16.3. The van der Waals surface area contributed by atoms with E-state index in [2.05, 4.69) is 42.5 Å². The molecule has 4 heterocycles. The van der Waals surface area contributed by atoms with Crippen LogP contribution in [-0.4, -0.2) is 88.8 Å². The lowest BCUT2D eigenvalue weighted by molar-refractivity contribution is -0.126. The van der Waals surface area contributed by atoms with Crippen LogP contribution in [0.3, 0.4) is 0 Å². The molecule has 1 atom stereocenters. The molecule has 2 aromatic heterocycles. The molecule has 6 rings (SSSR count). The van der Waals surface area contributed by atoms with E-state index >= 15 is 4.39 Å². The number of hydrogen-bond acceptors (Lipinski definition) is 10. The van der Waals surface area contributed by atoms with Crippen LogP contribution >= 0.6 is 0 Å². The molecule has 0 radical (unpaired) electrons. The molecule has 12 nitrogen and oxygen atoms in total. The number of pyridine rings is 1. The monoisotopic (exact) mass is 780 g/mol. The lowest BCUT2D eigenvalue weighted by Crippen LogP contribution is -2.49. The van der Waals surface area contributed by atoms with Gasteiger partial charge in [0, 0.05) is 50.3 Å². The first-order valence-electron chi connectivity index (χ1n) is 20.5. The van der Waals surface area contributed by atoms with E-state index in [1.165, 1.54) is 12.5 Å². The second kappa shape index (κ2) is 18.9. The Bertz CT molecular complexity index is 1920. The summed E-state index contributed by atoms with van der Waals surface area (Å²) in [4.78, 5) is 68.2. The minimum Gasteiger partial charge on any atom is -0.370 e. The van der Waals surface area contributed by atoms with Crippen molar-refractivity contribution in [2.24, 2.45) is 0 Å². The van der Waals surface area contributed by atoms with Crippen molar-refractivity contribution in [3.63, 3.8) is 0 Å². The van der Waals surface area contributed by atoms with Crippen LogP contribution in [0.15, 0.2) is 54.4 Å². The second-order valence-electron chi connectivity index (χ2n) is 16.0. The molecular weight excluding hydrogens is 724 g/mol. The predicted molar refractivity (Wildman–Crippen MR) is 221 cm³/mol. The average Bonchev–Trinajstić information content (AvgIpc) is 3.75. The molecule has 304 valence electrons. The molecular formula is C44H57FN8O4. The Morgan fingerprint density at radius 1 is 0.982 bits per heavy atom. The molecule has 1 aromatic carbocycles. The SMILES string of the molecule is CCCC(C(=O)NC=O)c1cccc(C2CCN(CC3(F)CCN(c4ccc(Nc5ncc(/C(C)=C(\C)C(C)=O)c(N(C=O)C6CCCC6)n5)nc4)CC3)CC2)c1. The maximum Gasteiger partial charge on any atom is 0.233 e. The zero-order chi connectivity index (χ0) is 40.5. The number of Topliss-reactive ketones (excluding diaryl/α,β-unsaturated/α-hetero) is 1. The molecule has 3 amide bonds. The van der Waals surface area contributed by atoms with Crippen LogP contribution in [-0.2, 0) is 19.2 Å². The Morgan fingerprint density at radius 2 is 1.72 bits per heavy atom. The van der Waals surface area contributed by atoms with Crippen molar-refractivity contribution < 1.29 is 23.6 Å². The van der Waals surface area contributed by atoms with Crippen LogP contribution in [0.1, 0.15) is 120 Å². The van der Waals surface area contributed by atoms with Gasteiger partial charge in [0.2, 0.25) is 24.7 Å². The minimum atomic E-state index is -1.26. The van der Waals surface area contributed by atoms with Gasteiger partial charge in [-0.3, -0.25) is 29.4 Å². The second-order valence-corrected chi connectivity index (χ2v) is 16.0. The highest BCUT2D eigenvalue weighted by molar-refractivity contribution is 6.01. The number of nitrogens with zero attached hydrogens (tertiary/aromatic N) is 6. The Kier molecular flexibility index (Phi) is 13.8. The summed E-state index contributed by atoms with van der Waals surface area (Å²) in [5.74, 6) is 0.994. The number of anilines is 4. The average molecular weight is 781 g/mol. The zero-order valence-electron chi connectivity index (χ0n) is 33.8. The molecule has 0 bridgehead atoms. The summed E-state index contributed by atoms with van der Waals surface area (Å²) in [5, 5.41) is 5.51. The first kappa shape index (κ1) is 41.6. The first-order valence-corrected chi connectivity index (χ1v) is 20.5. The third-order valence-electron chi connectivity index (χ3n) is 12.3. The minimum absolute atomic E-state index is 0.0403. The number of halogens is 1. The Hall–Kier alpha value is -5.04. The number of hydrogen-bond donors (Lipinski definition) is 2. The van der Waals surface area contributed by atoms with E-state index in [9.17, 15) is 19.2 Å². The molecule has 1 aliphatic carbocycles. The van der Waals surface area contributed by atoms with Crippen LogP contribution in [0.25, 0.3) is 5.57 Å². The highest BCUT2D eigenvalue weighted by Crippen LogP contribution is 2.36.